The average Bonchev–Trinajstić information content (AvgIpc) is 2.82. The molecule has 2 heterocycles. The Morgan fingerprint density at radius 1 is 1.35 bits per heavy atom. The molecule has 0 aromatic carbocycles. The summed E-state index contributed by atoms with van der Waals surface area (Å²) in [5, 5.41) is 3.38. The van der Waals surface area contributed by atoms with Crippen LogP contribution in [0.2, 0.25) is 0 Å². The summed E-state index contributed by atoms with van der Waals surface area (Å²) >= 11 is 3.46. The van der Waals surface area contributed by atoms with Crippen LogP contribution in [0.25, 0.3) is 0 Å². The minimum Gasteiger partial charge on any atom is -0.370 e. The molecule has 1 N–H and O–H groups in total. The molecule has 1 fully saturated rings. The lowest BCUT2D eigenvalue weighted by atomic mass is 10.3. The number of nitrogens with one attached hydrogen (secondary N) is 1. The lowest BCUT2D eigenvalue weighted by Crippen LogP contribution is -2.22. The van der Waals surface area contributed by atoms with Crippen molar-refractivity contribution < 1.29 is 0 Å². The molecule has 1 aliphatic heterocycles. The molecule has 1 aromatic heterocycles. The summed E-state index contributed by atoms with van der Waals surface area (Å²) in [4.78, 5) is 7.01. The Kier molecular flexibility index (Phi) is 4.80. The van der Waals surface area contributed by atoms with Gasteiger partial charge in [-0.2, -0.15) is 0 Å². The zero-order valence-corrected chi connectivity index (χ0v) is 12.0. The highest BCUT2D eigenvalue weighted by molar-refractivity contribution is 9.10. The van der Waals surface area contributed by atoms with E-state index in [1.165, 1.54) is 38.9 Å². The van der Waals surface area contributed by atoms with E-state index in [0.29, 0.717) is 0 Å². The van der Waals surface area contributed by atoms with Crippen LogP contribution >= 0.6 is 15.9 Å². The number of pyridine rings is 1. The van der Waals surface area contributed by atoms with Crippen molar-refractivity contribution in [1.82, 2.24) is 9.88 Å². The van der Waals surface area contributed by atoms with Crippen molar-refractivity contribution in [3.63, 3.8) is 0 Å². The number of nitrogens with zero attached hydrogens (tertiary/aromatic N) is 2. The number of halogens is 1. The number of aromatic nitrogens is 1. The fourth-order valence-corrected chi connectivity index (χ4v) is 2.39. The molecule has 17 heavy (non-hydrogen) atoms. The normalized spacial score (nSPS) is 16.4. The molecule has 4 heteroatoms. The van der Waals surface area contributed by atoms with Gasteiger partial charge in [-0.05, 0) is 73.9 Å². The molecule has 0 spiro atoms. The van der Waals surface area contributed by atoms with Gasteiger partial charge >= 0.3 is 0 Å². The average molecular weight is 298 g/mol. The van der Waals surface area contributed by atoms with Crippen molar-refractivity contribution >= 4 is 21.7 Å². The fourth-order valence-electron chi connectivity index (χ4n) is 2.17. The molecule has 0 atom stereocenters. The van der Waals surface area contributed by atoms with E-state index in [1.54, 1.807) is 0 Å². The van der Waals surface area contributed by atoms with Crippen LogP contribution in [0.1, 0.15) is 25.0 Å². The third-order valence-corrected chi connectivity index (χ3v) is 4.02. The lowest BCUT2D eigenvalue weighted by molar-refractivity contribution is 0.337. The van der Waals surface area contributed by atoms with E-state index in [4.69, 9.17) is 0 Å². The highest BCUT2D eigenvalue weighted by Gasteiger charge is 2.10. The van der Waals surface area contributed by atoms with E-state index in [1.807, 2.05) is 19.1 Å². The number of hydrogen-bond donors (Lipinski definition) is 1. The summed E-state index contributed by atoms with van der Waals surface area (Å²) in [6, 6.07) is 4.07. The van der Waals surface area contributed by atoms with Crippen molar-refractivity contribution in [1.29, 1.82) is 0 Å². The SMILES string of the molecule is Cc1nc(NCCCN2CCCC2)ccc1Br. The van der Waals surface area contributed by atoms with Crippen LogP contribution in [0.3, 0.4) is 0 Å². The standard InChI is InChI=1S/C13H20BrN3/c1-11-12(14)5-6-13(16-11)15-7-4-10-17-8-2-3-9-17/h5-6H,2-4,7-10H2,1H3,(H,15,16). The first kappa shape index (κ1) is 12.8. The number of aryl methyl sites for hydroxylation is 1. The molecule has 2 rings (SSSR count). The maximum Gasteiger partial charge on any atom is 0.126 e. The summed E-state index contributed by atoms with van der Waals surface area (Å²) < 4.78 is 1.07. The Morgan fingerprint density at radius 2 is 2.12 bits per heavy atom. The predicted molar refractivity (Wildman–Crippen MR) is 75.5 cm³/mol. The quantitative estimate of drug-likeness (QED) is 0.847. The third-order valence-electron chi connectivity index (χ3n) is 3.18. The van der Waals surface area contributed by atoms with Crippen LogP contribution in [-0.4, -0.2) is 36.1 Å². The molecule has 3 nitrogen and oxygen atoms in total. The van der Waals surface area contributed by atoms with Crippen molar-refractivity contribution in [2.45, 2.75) is 26.2 Å². The van der Waals surface area contributed by atoms with E-state index in [-0.39, 0.29) is 0 Å². The summed E-state index contributed by atoms with van der Waals surface area (Å²) in [6.07, 6.45) is 3.94. The minimum absolute atomic E-state index is 0.979. The first-order valence-electron chi connectivity index (χ1n) is 6.35. The zero-order valence-electron chi connectivity index (χ0n) is 10.4. The Labute approximate surface area is 112 Å². The van der Waals surface area contributed by atoms with Gasteiger partial charge in [0.2, 0.25) is 0 Å². The van der Waals surface area contributed by atoms with Crippen LogP contribution in [0.5, 0.6) is 0 Å². The van der Waals surface area contributed by atoms with Gasteiger partial charge in [-0.25, -0.2) is 4.98 Å². The molecule has 1 saturated heterocycles. The fraction of sp³-hybridized carbons (Fsp3) is 0.615. The van der Waals surface area contributed by atoms with Gasteiger partial charge in [0.1, 0.15) is 5.82 Å². The van der Waals surface area contributed by atoms with Gasteiger partial charge in [-0.15, -0.1) is 0 Å². The smallest absolute Gasteiger partial charge is 0.126 e. The van der Waals surface area contributed by atoms with Crippen LogP contribution in [0.15, 0.2) is 16.6 Å². The summed E-state index contributed by atoms with van der Waals surface area (Å²) in [5.41, 5.74) is 1.04. The number of hydrogen-bond acceptors (Lipinski definition) is 3. The minimum atomic E-state index is 0.979. The number of anilines is 1. The number of likely N-dealkylation sites (tertiary alicyclic amines) is 1. The molecular formula is C13H20BrN3. The predicted octanol–water partition coefficient (Wildman–Crippen LogP) is 3.05. The monoisotopic (exact) mass is 297 g/mol. The summed E-state index contributed by atoms with van der Waals surface area (Å²) in [7, 11) is 0. The van der Waals surface area contributed by atoms with E-state index in [9.17, 15) is 0 Å². The van der Waals surface area contributed by atoms with E-state index < -0.39 is 0 Å². The molecule has 1 aliphatic rings. The Bertz CT molecular complexity index is 362. The maximum atomic E-state index is 4.47. The Hall–Kier alpha value is -0.610. The molecular weight excluding hydrogens is 278 g/mol. The van der Waals surface area contributed by atoms with E-state index in [2.05, 4.69) is 31.1 Å². The van der Waals surface area contributed by atoms with Crippen molar-refractivity contribution in [2.75, 3.05) is 31.5 Å². The molecule has 0 aliphatic carbocycles. The van der Waals surface area contributed by atoms with Crippen molar-refractivity contribution in [2.24, 2.45) is 0 Å². The molecule has 0 radical (unpaired) electrons. The van der Waals surface area contributed by atoms with Crippen molar-refractivity contribution in [3.05, 3.63) is 22.3 Å². The Balaban J connectivity index is 1.68. The highest BCUT2D eigenvalue weighted by Crippen LogP contribution is 2.16. The second kappa shape index (κ2) is 6.36. The molecule has 94 valence electrons. The lowest BCUT2D eigenvalue weighted by Gasteiger charge is -2.14. The van der Waals surface area contributed by atoms with Gasteiger partial charge in [0.05, 0.1) is 5.69 Å². The van der Waals surface area contributed by atoms with Gasteiger partial charge in [0.25, 0.3) is 0 Å². The zero-order chi connectivity index (χ0) is 12.1. The third kappa shape index (κ3) is 3.96. The number of rotatable bonds is 5. The van der Waals surface area contributed by atoms with E-state index in [0.717, 1.165) is 22.5 Å². The molecule has 1 aromatic rings. The van der Waals surface area contributed by atoms with Crippen LogP contribution in [0, 0.1) is 6.92 Å². The summed E-state index contributed by atoms with van der Waals surface area (Å²) in [6.45, 7) is 6.80. The van der Waals surface area contributed by atoms with Gasteiger partial charge in [0.15, 0.2) is 0 Å². The topological polar surface area (TPSA) is 28.2 Å². The molecule has 0 saturated carbocycles. The highest BCUT2D eigenvalue weighted by atomic mass is 79.9. The molecule has 0 unspecified atom stereocenters. The first-order chi connectivity index (χ1) is 8.25. The van der Waals surface area contributed by atoms with Gasteiger partial charge < -0.3 is 10.2 Å². The van der Waals surface area contributed by atoms with Gasteiger partial charge in [-0.1, -0.05) is 0 Å². The van der Waals surface area contributed by atoms with Crippen LogP contribution < -0.4 is 5.32 Å². The Morgan fingerprint density at radius 3 is 2.82 bits per heavy atom. The maximum absolute atomic E-state index is 4.47. The first-order valence-corrected chi connectivity index (χ1v) is 7.14. The van der Waals surface area contributed by atoms with Crippen LogP contribution in [-0.2, 0) is 0 Å². The van der Waals surface area contributed by atoms with Gasteiger partial charge in [0, 0.05) is 11.0 Å². The van der Waals surface area contributed by atoms with Gasteiger partial charge in [-0.3, -0.25) is 0 Å². The van der Waals surface area contributed by atoms with Crippen LogP contribution in [0.4, 0.5) is 5.82 Å². The van der Waals surface area contributed by atoms with E-state index >= 15 is 0 Å². The molecule has 0 bridgehead atoms. The van der Waals surface area contributed by atoms with Crippen molar-refractivity contribution in [3.8, 4) is 0 Å². The second-order valence-electron chi connectivity index (χ2n) is 4.59. The molecule has 0 amide bonds. The second-order valence-corrected chi connectivity index (χ2v) is 5.45. The largest absolute Gasteiger partial charge is 0.370 e. The summed E-state index contributed by atoms with van der Waals surface area (Å²) in [5.74, 6) is 0.979.